The summed E-state index contributed by atoms with van der Waals surface area (Å²) >= 11 is 0. The first-order valence-corrected chi connectivity index (χ1v) is 6.98. The fraction of sp³-hybridized carbons (Fsp3) is 0.438. The lowest BCUT2D eigenvalue weighted by Gasteiger charge is -2.13. The monoisotopic (exact) mass is 259 g/mol. The summed E-state index contributed by atoms with van der Waals surface area (Å²) in [4.78, 5) is 12.0. The predicted molar refractivity (Wildman–Crippen MR) is 77.3 cm³/mol. The molecular formula is C16H21NO2. The average molecular weight is 259 g/mol. The first kappa shape index (κ1) is 13.7. The molecule has 1 aromatic carbocycles. The second kappa shape index (κ2) is 6.98. The van der Waals surface area contributed by atoms with Gasteiger partial charge in [-0.3, -0.25) is 4.79 Å². The molecule has 0 bridgehead atoms. The summed E-state index contributed by atoms with van der Waals surface area (Å²) in [5.41, 5.74) is 0.767. The van der Waals surface area contributed by atoms with Crippen LogP contribution in [0.3, 0.4) is 0 Å². The zero-order valence-corrected chi connectivity index (χ0v) is 11.4. The summed E-state index contributed by atoms with van der Waals surface area (Å²) in [5, 5.41) is 2.95. The number of nitrogens with one attached hydrogen (secondary N) is 1. The summed E-state index contributed by atoms with van der Waals surface area (Å²) < 4.78 is 5.63. The molecule has 1 amide bonds. The van der Waals surface area contributed by atoms with E-state index in [-0.39, 0.29) is 5.91 Å². The molecule has 102 valence electrons. The standard InChI is InChI=1S/C16H21NO2/c1-2-11-19-15-10-6-5-9-14(15)17-16(18)12-13-7-3-4-8-13/h3,5-7,9-10,13H,2,4,8,11-12H2,1H3,(H,17,18). The van der Waals surface area contributed by atoms with Crippen molar-refractivity contribution in [3.8, 4) is 5.75 Å². The Kier molecular flexibility index (Phi) is 5.01. The fourth-order valence-corrected chi connectivity index (χ4v) is 2.21. The molecule has 3 heteroatoms. The molecule has 3 nitrogen and oxygen atoms in total. The van der Waals surface area contributed by atoms with Crippen molar-refractivity contribution in [2.75, 3.05) is 11.9 Å². The molecule has 0 heterocycles. The third kappa shape index (κ3) is 4.12. The number of carbonyl (C=O) groups excluding carboxylic acids is 1. The van der Waals surface area contributed by atoms with Crippen LogP contribution in [0.1, 0.15) is 32.6 Å². The minimum atomic E-state index is 0.0594. The number of ether oxygens (including phenoxy) is 1. The van der Waals surface area contributed by atoms with Gasteiger partial charge in [0.25, 0.3) is 0 Å². The molecule has 0 spiro atoms. The van der Waals surface area contributed by atoms with Crippen LogP contribution < -0.4 is 10.1 Å². The number of hydrogen-bond donors (Lipinski definition) is 1. The first-order valence-electron chi connectivity index (χ1n) is 6.98. The summed E-state index contributed by atoms with van der Waals surface area (Å²) in [6, 6.07) is 7.60. The maximum Gasteiger partial charge on any atom is 0.225 e. The van der Waals surface area contributed by atoms with E-state index in [9.17, 15) is 4.79 Å². The van der Waals surface area contributed by atoms with Crippen LogP contribution in [0.15, 0.2) is 36.4 Å². The van der Waals surface area contributed by atoms with Crippen LogP contribution in [0.5, 0.6) is 5.75 Å². The van der Waals surface area contributed by atoms with Gasteiger partial charge in [-0.2, -0.15) is 0 Å². The number of benzene rings is 1. The minimum Gasteiger partial charge on any atom is -0.491 e. The number of rotatable bonds is 6. The molecule has 0 radical (unpaired) electrons. The first-order chi connectivity index (χ1) is 9.29. The van der Waals surface area contributed by atoms with Crippen LogP contribution in [-0.4, -0.2) is 12.5 Å². The van der Waals surface area contributed by atoms with Crippen molar-refractivity contribution in [2.24, 2.45) is 5.92 Å². The van der Waals surface area contributed by atoms with Gasteiger partial charge in [0.2, 0.25) is 5.91 Å². The molecule has 0 aromatic heterocycles. The van der Waals surface area contributed by atoms with Gasteiger partial charge in [0.05, 0.1) is 12.3 Å². The Morgan fingerprint density at radius 2 is 2.26 bits per heavy atom. The van der Waals surface area contributed by atoms with Crippen LogP contribution in [0, 0.1) is 5.92 Å². The molecule has 1 aliphatic rings. The van der Waals surface area contributed by atoms with Gasteiger partial charge in [-0.15, -0.1) is 0 Å². The maximum absolute atomic E-state index is 12.0. The highest BCUT2D eigenvalue weighted by Gasteiger charge is 2.15. The predicted octanol–water partition coefficient (Wildman–Crippen LogP) is 3.77. The van der Waals surface area contributed by atoms with Crippen molar-refractivity contribution in [3.05, 3.63) is 36.4 Å². The molecule has 1 aromatic rings. The highest BCUT2D eigenvalue weighted by molar-refractivity contribution is 5.92. The zero-order chi connectivity index (χ0) is 13.5. The van der Waals surface area contributed by atoms with Gasteiger partial charge in [-0.05, 0) is 37.3 Å². The minimum absolute atomic E-state index is 0.0594. The Hall–Kier alpha value is -1.77. The lowest BCUT2D eigenvalue weighted by atomic mass is 10.1. The summed E-state index contributed by atoms with van der Waals surface area (Å²) in [5.74, 6) is 1.20. The molecule has 1 atom stereocenters. The maximum atomic E-state index is 12.0. The normalized spacial score (nSPS) is 17.4. The van der Waals surface area contributed by atoms with Gasteiger partial charge in [-0.1, -0.05) is 31.2 Å². The molecule has 0 saturated carbocycles. The van der Waals surface area contributed by atoms with Crippen LogP contribution >= 0.6 is 0 Å². The van der Waals surface area contributed by atoms with Gasteiger partial charge in [0.1, 0.15) is 5.75 Å². The van der Waals surface area contributed by atoms with E-state index >= 15 is 0 Å². The zero-order valence-electron chi connectivity index (χ0n) is 11.4. The third-order valence-electron chi connectivity index (χ3n) is 3.18. The fourth-order valence-electron chi connectivity index (χ4n) is 2.21. The molecule has 0 fully saturated rings. The lowest BCUT2D eigenvalue weighted by Crippen LogP contribution is -2.15. The van der Waals surface area contributed by atoms with Crippen molar-refractivity contribution >= 4 is 11.6 Å². The Labute approximate surface area is 114 Å². The van der Waals surface area contributed by atoms with Gasteiger partial charge in [-0.25, -0.2) is 0 Å². The topological polar surface area (TPSA) is 38.3 Å². The third-order valence-corrected chi connectivity index (χ3v) is 3.18. The SMILES string of the molecule is CCCOc1ccccc1NC(=O)CC1C=CCC1. The second-order valence-corrected chi connectivity index (χ2v) is 4.86. The Morgan fingerprint density at radius 1 is 1.42 bits per heavy atom. The van der Waals surface area contributed by atoms with Crippen LogP contribution in [0.25, 0.3) is 0 Å². The molecular weight excluding hydrogens is 238 g/mol. The van der Waals surface area contributed by atoms with E-state index in [1.807, 2.05) is 24.3 Å². The average Bonchev–Trinajstić information content (AvgIpc) is 2.90. The number of allylic oxidation sites excluding steroid dienone is 2. The molecule has 0 aliphatic heterocycles. The summed E-state index contributed by atoms with van der Waals surface area (Å²) in [6.07, 6.45) is 7.97. The number of anilines is 1. The van der Waals surface area contributed by atoms with E-state index in [2.05, 4.69) is 24.4 Å². The summed E-state index contributed by atoms with van der Waals surface area (Å²) in [7, 11) is 0. The van der Waals surface area contributed by atoms with Crippen molar-refractivity contribution in [3.63, 3.8) is 0 Å². The Bertz CT molecular complexity index is 454. The van der Waals surface area contributed by atoms with E-state index < -0.39 is 0 Å². The molecule has 1 unspecified atom stereocenters. The number of para-hydroxylation sites is 2. The Morgan fingerprint density at radius 3 is 3.00 bits per heavy atom. The van der Waals surface area contributed by atoms with E-state index in [1.165, 1.54) is 0 Å². The largest absolute Gasteiger partial charge is 0.491 e. The van der Waals surface area contributed by atoms with E-state index in [0.29, 0.717) is 18.9 Å². The van der Waals surface area contributed by atoms with Crippen molar-refractivity contribution in [2.45, 2.75) is 32.6 Å². The smallest absolute Gasteiger partial charge is 0.225 e. The van der Waals surface area contributed by atoms with Crippen LogP contribution in [0.2, 0.25) is 0 Å². The van der Waals surface area contributed by atoms with Crippen molar-refractivity contribution < 1.29 is 9.53 Å². The van der Waals surface area contributed by atoms with E-state index in [4.69, 9.17) is 4.74 Å². The van der Waals surface area contributed by atoms with Crippen molar-refractivity contribution in [1.82, 2.24) is 0 Å². The molecule has 1 aliphatic carbocycles. The van der Waals surface area contributed by atoms with E-state index in [0.717, 1.165) is 30.7 Å². The van der Waals surface area contributed by atoms with Gasteiger partial charge in [0.15, 0.2) is 0 Å². The highest BCUT2D eigenvalue weighted by Crippen LogP contribution is 2.26. The highest BCUT2D eigenvalue weighted by atomic mass is 16.5. The lowest BCUT2D eigenvalue weighted by molar-refractivity contribution is -0.116. The number of carbonyl (C=O) groups is 1. The van der Waals surface area contributed by atoms with Crippen molar-refractivity contribution in [1.29, 1.82) is 0 Å². The van der Waals surface area contributed by atoms with Gasteiger partial charge >= 0.3 is 0 Å². The van der Waals surface area contributed by atoms with E-state index in [1.54, 1.807) is 0 Å². The van der Waals surface area contributed by atoms with Gasteiger partial charge < -0.3 is 10.1 Å². The summed E-state index contributed by atoms with van der Waals surface area (Å²) in [6.45, 7) is 2.73. The van der Waals surface area contributed by atoms with Crippen LogP contribution in [-0.2, 0) is 4.79 Å². The number of amides is 1. The Balaban J connectivity index is 1.93. The van der Waals surface area contributed by atoms with Gasteiger partial charge in [0, 0.05) is 6.42 Å². The number of hydrogen-bond acceptors (Lipinski definition) is 2. The van der Waals surface area contributed by atoms with Crippen LogP contribution in [0.4, 0.5) is 5.69 Å². The second-order valence-electron chi connectivity index (χ2n) is 4.86. The molecule has 0 saturated heterocycles. The quantitative estimate of drug-likeness (QED) is 0.790. The molecule has 19 heavy (non-hydrogen) atoms. The molecule has 2 rings (SSSR count). The molecule has 1 N–H and O–H groups in total.